The number of likely N-dealkylation sites (N-methyl/N-ethyl adjacent to an activating group) is 1. The van der Waals surface area contributed by atoms with Gasteiger partial charge in [-0.15, -0.1) is 0 Å². The Balaban J connectivity index is 1.84. The van der Waals surface area contributed by atoms with E-state index in [0.717, 1.165) is 30.6 Å². The van der Waals surface area contributed by atoms with Crippen LogP contribution in [0.1, 0.15) is 12.5 Å². The first kappa shape index (κ1) is 20.2. The smallest absolute Gasteiger partial charge is 0.328 e. The van der Waals surface area contributed by atoms with Crippen LogP contribution in [0.2, 0.25) is 0 Å². The Morgan fingerprint density at radius 3 is 2.75 bits per heavy atom. The first-order valence-corrected chi connectivity index (χ1v) is 11.2. The number of rotatable bonds is 8. The average Bonchev–Trinajstić information content (AvgIpc) is 2.98. The zero-order valence-corrected chi connectivity index (χ0v) is 17.6. The minimum Gasteiger partial charge on any atom is -0.382 e. The fraction of sp³-hybridized carbons (Fsp3) is 0.444. The Bertz CT molecular complexity index is 995. The molecule has 0 radical (unpaired) electrons. The molecule has 3 heterocycles. The fourth-order valence-electron chi connectivity index (χ4n) is 2.71. The van der Waals surface area contributed by atoms with Crippen molar-refractivity contribution in [1.29, 1.82) is 0 Å². The molecule has 0 aliphatic carbocycles. The maximum atomic E-state index is 12.5. The normalized spacial score (nSPS) is 12.6. The number of aromatic amines is 1. The van der Waals surface area contributed by atoms with Gasteiger partial charge in [-0.2, -0.15) is 0 Å². The van der Waals surface area contributed by atoms with Crippen molar-refractivity contribution >= 4 is 36.3 Å². The summed E-state index contributed by atoms with van der Waals surface area (Å²) in [5.74, 6) is 1.13. The van der Waals surface area contributed by atoms with Gasteiger partial charge in [-0.25, -0.2) is 19.7 Å². The van der Waals surface area contributed by atoms with Crippen molar-refractivity contribution < 1.29 is 0 Å². The third-order valence-corrected chi connectivity index (χ3v) is 6.32. The van der Waals surface area contributed by atoms with E-state index in [1.165, 1.54) is 0 Å². The molecule has 150 valence electrons. The summed E-state index contributed by atoms with van der Waals surface area (Å²) in [4.78, 5) is 30.8. The summed E-state index contributed by atoms with van der Waals surface area (Å²) >= 11 is 0. The molecular formula is C18H27N8OP. The van der Waals surface area contributed by atoms with Gasteiger partial charge < -0.3 is 20.9 Å². The van der Waals surface area contributed by atoms with Gasteiger partial charge in [-0.05, 0) is 46.5 Å². The van der Waals surface area contributed by atoms with Gasteiger partial charge in [0.15, 0.2) is 17.0 Å². The lowest BCUT2D eigenvalue weighted by Crippen LogP contribution is -2.21. The Hall–Kier alpha value is -2.51. The van der Waals surface area contributed by atoms with Crippen molar-refractivity contribution in [3.63, 3.8) is 0 Å². The second kappa shape index (κ2) is 8.67. The Morgan fingerprint density at radius 1 is 1.32 bits per heavy atom. The maximum Gasteiger partial charge on any atom is 0.328 e. The van der Waals surface area contributed by atoms with E-state index in [1.54, 1.807) is 10.8 Å². The van der Waals surface area contributed by atoms with E-state index >= 15 is 0 Å². The molecule has 3 rings (SSSR count). The Kier molecular flexibility index (Phi) is 6.26. The third kappa shape index (κ3) is 4.48. The van der Waals surface area contributed by atoms with Gasteiger partial charge in [0.05, 0.1) is 6.54 Å². The van der Waals surface area contributed by atoms with E-state index in [0.29, 0.717) is 29.1 Å². The molecule has 0 spiro atoms. The molecular weight excluding hydrogens is 375 g/mol. The number of anilines is 2. The van der Waals surface area contributed by atoms with Crippen LogP contribution in [0, 0.1) is 0 Å². The van der Waals surface area contributed by atoms with Crippen molar-refractivity contribution in [3.8, 4) is 0 Å². The molecule has 0 aliphatic heterocycles. The van der Waals surface area contributed by atoms with E-state index in [-0.39, 0.29) is 5.69 Å². The lowest BCUT2D eigenvalue weighted by atomic mass is 10.3. The van der Waals surface area contributed by atoms with E-state index < -0.39 is 7.92 Å². The number of nitrogens with two attached hydrogens (primary N) is 1. The van der Waals surface area contributed by atoms with Gasteiger partial charge in [-0.3, -0.25) is 4.57 Å². The minimum absolute atomic E-state index is 0.252. The maximum absolute atomic E-state index is 12.5. The second-order valence-corrected chi connectivity index (χ2v) is 9.35. The molecule has 10 heteroatoms. The molecule has 0 fully saturated rings. The first-order valence-electron chi connectivity index (χ1n) is 9.19. The summed E-state index contributed by atoms with van der Waals surface area (Å²) in [5, 5.41) is 3.27. The Labute approximate surface area is 165 Å². The number of H-pyrrole nitrogens is 1. The van der Waals surface area contributed by atoms with Crippen LogP contribution in [0.4, 0.5) is 11.6 Å². The molecule has 0 aromatic carbocycles. The number of nitrogens with zero attached hydrogens (tertiary/aromatic N) is 5. The standard InChI is InChI=1S/C18H27N8OP/c1-5-28(4)17-23-15(19)14-16(24-17)26(18(27)22-14)11-12-6-7-13(21-10-12)20-8-9-25(2)3/h6-7,10H,5,8-9,11H2,1-4H3,(H,20,21)(H,22,27)(H2,19,23,24)/t28-/m1/s1. The number of nitrogen functional groups attached to an aromatic ring is 1. The lowest BCUT2D eigenvalue weighted by Gasteiger charge is -2.11. The van der Waals surface area contributed by atoms with Crippen molar-refractivity contribution in [3.05, 3.63) is 34.4 Å². The van der Waals surface area contributed by atoms with Gasteiger partial charge in [0, 0.05) is 19.3 Å². The fourth-order valence-corrected chi connectivity index (χ4v) is 3.54. The SMILES string of the molecule is CC[P@@](C)c1nc(N)c2[nH]c(=O)n(Cc3ccc(NCCN(C)C)nc3)c2n1. The number of fused-ring (bicyclic) bond motifs is 1. The molecule has 0 unspecified atom stereocenters. The average molecular weight is 402 g/mol. The van der Waals surface area contributed by atoms with Gasteiger partial charge in [0.1, 0.15) is 11.3 Å². The largest absolute Gasteiger partial charge is 0.382 e. The summed E-state index contributed by atoms with van der Waals surface area (Å²) in [5.41, 5.74) is 8.47. The topological polar surface area (TPSA) is 118 Å². The number of aromatic nitrogens is 5. The summed E-state index contributed by atoms with van der Waals surface area (Å²) < 4.78 is 1.59. The molecule has 0 amide bonds. The van der Waals surface area contributed by atoms with E-state index in [2.05, 4.69) is 43.7 Å². The monoisotopic (exact) mass is 402 g/mol. The molecule has 0 aliphatic rings. The van der Waals surface area contributed by atoms with Crippen LogP contribution in [0.3, 0.4) is 0 Å². The highest BCUT2D eigenvalue weighted by atomic mass is 31.1. The molecule has 0 saturated carbocycles. The molecule has 4 N–H and O–H groups in total. The van der Waals surface area contributed by atoms with Gasteiger partial charge in [-0.1, -0.05) is 13.0 Å². The number of hydrogen-bond acceptors (Lipinski definition) is 7. The first-order chi connectivity index (χ1) is 13.4. The predicted octanol–water partition coefficient (Wildman–Crippen LogP) is 0.876. The van der Waals surface area contributed by atoms with Gasteiger partial charge in [0.2, 0.25) is 0 Å². The number of pyridine rings is 1. The summed E-state index contributed by atoms with van der Waals surface area (Å²) in [6.07, 6.45) is 2.73. The molecule has 0 bridgehead atoms. The van der Waals surface area contributed by atoms with Gasteiger partial charge in [0.25, 0.3) is 0 Å². The van der Waals surface area contributed by atoms with E-state index in [4.69, 9.17) is 5.73 Å². The summed E-state index contributed by atoms with van der Waals surface area (Å²) in [7, 11) is 3.56. The summed E-state index contributed by atoms with van der Waals surface area (Å²) in [6, 6.07) is 3.88. The predicted molar refractivity (Wildman–Crippen MR) is 116 cm³/mol. The van der Waals surface area contributed by atoms with Crippen molar-refractivity contribution in [2.75, 3.05) is 51.1 Å². The van der Waals surface area contributed by atoms with Crippen LogP contribution < -0.4 is 22.3 Å². The second-order valence-electron chi connectivity index (χ2n) is 6.92. The Morgan fingerprint density at radius 2 is 2.11 bits per heavy atom. The van der Waals surface area contributed by atoms with Gasteiger partial charge >= 0.3 is 5.69 Å². The van der Waals surface area contributed by atoms with Crippen LogP contribution in [0.5, 0.6) is 0 Å². The number of hydrogen-bond donors (Lipinski definition) is 3. The molecule has 28 heavy (non-hydrogen) atoms. The lowest BCUT2D eigenvalue weighted by molar-refractivity contribution is 0.425. The van der Waals surface area contributed by atoms with E-state index in [1.807, 2.05) is 26.2 Å². The third-order valence-electron chi connectivity index (χ3n) is 4.49. The molecule has 3 aromatic rings. The minimum atomic E-state index is -0.496. The molecule has 0 saturated heterocycles. The van der Waals surface area contributed by atoms with E-state index in [9.17, 15) is 4.79 Å². The highest BCUT2D eigenvalue weighted by Gasteiger charge is 2.16. The van der Waals surface area contributed by atoms with Crippen LogP contribution in [0.15, 0.2) is 23.1 Å². The molecule has 1 atom stereocenters. The molecule has 9 nitrogen and oxygen atoms in total. The van der Waals surface area contributed by atoms with Crippen molar-refractivity contribution in [1.82, 2.24) is 29.4 Å². The zero-order valence-electron chi connectivity index (χ0n) is 16.7. The zero-order chi connectivity index (χ0) is 20.3. The number of nitrogens with one attached hydrogen (secondary N) is 2. The highest BCUT2D eigenvalue weighted by Crippen LogP contribution is 2.27. The highest BCUT2D eigenvalue weighted by molar-refractivity contribution is 7.64. The van der Waals surface area contributed by atoms with Crippen molar-refractivity contribution in [2.24, 2.45) is 0 Å². The van der Waals surface area contributed by atoms with Crippen LogP contribution >= 0.6 is 7.92 Å². The van der Waals surface area contributed by atoms with Crippen LogP contribution in [-0.4, -0.2) is 69.4 Å². The van der Waals surface area contributed by atoms with Crippen molar-refractivity contribution in [2.45, 2.75) is 13.5 Å². The molecule has 3 aromatic heterocycles. The van der Waals surface area contributed by atoms with Crippen LogP contribution in [0.25, 0.3) is 11.2 Å². The van der Waals surface area contributed by atoms with Crippen LogP contribution in [-0.2, 0) is 6.54 Å². The number of imidazole rings is 1. The quantitative estimate of drug-likeness (QED) is 0.479. The summed E-state index contributed by atoms with van der Waals surface area (Å²) in [6.45, 7) is 6.32.